The average molecular weight is 236 g/mol. The van der Waals surface area contributed by atoms with Crippen LogP contribution < -0.4 is 4.74 Å². The minimum Gasteiger partial charge on any atom is -0.461 e. The first-order valence-corrected chi connectivity index (χ1v) is 5.76. The van der Waals surface area contributed by atoms with E-state index in [1.165, 1.54) is 11.3 Å². The number of hydrogen-bond acceptors (Lipinski definition) is 5. The molecule has 0 amide bonds. The van der Waals surface area contributed by atoms with Crippen LogP contribution in [0, 0.1) is 0 Å². The van der Waals surface area contributed by atoms with Gasteiger partial charge in [-0.05, 0) is 12.5 Å². The van der Waals surface area contributed by atoms with Gasteiger partial charge in [-0.25, -0.2) is 0 Å². The number of aromatic nitrogens is 2. The summed E-state index contributed by atoms with van der Waals surface area (Å²) in [6.45, 7) is 1.86. The Morgan fingerprint density at radius 1 is 1.31 bits per heavy atom. The number of aliphatic hydroxyl groups excluding tert-OH is 1. The standard InChI is InChI=1S/C11H12N2O2S/c1-8(9-5-3-2-4-6-9)15-11-13-12-10(7-14)16-11/h2-6,8,14H,7H2,1H3. The average Bonchev–Trinajstić information content (AvgIpc) is 2.78. The van der Waals surface area contributed by atoms with E-state index in [1.807, 2.05) is 37.3 Å². The lowest BCUT2D eigenvalue weighted by Gasteiger charge is -2.11. The second-order valence-corrected chi connectivity index (χ2v) is 4.32. The van der Waals surface area contributed by atoms with Crippen molar-refractivity contribution in [3.63, 3.8) is 0 Å². The lowest BCUT2D eigenvalue weighted by atomic mass is 10.1. The van der Waals surface area contributed by atoms with Crippen LogP contribution in [0.4, 0.5) is 0 Å². The summed E-state index contributed by atoms with van der Waals surface area (Å²) in [4.78, 5) is 0. The summed E-state index contributed by atoms with van der Waals surface area (Å²) in [5, 5.41) is 17.5. The molecule has 5 heteroatoms. The smallest absolute Gasteiger partial charge is 0.294 e. The van der Waals surface area contributed by atoms with Crippen LogP contribution in [0.25, 0.3) is 0 Å². The van der Waals surface area contributed by atoms with E-state index in [-0.39, 0.29) is 12.7 Å². The fourth-order valence-electron chi connectivity index (χ4n) is 1.29. The van der Waals surface area contributed by atoms with Gasteiger partial charge >= 0.3 is 0 Å². The molecule has 1 atom stereocenters. The Morgan fingerprint density at radius 3 is 2.69 bits per heavy atom. The Bertz CT molecular complexity index is 444. The maximum atomic E-state index is 8.85. The van der Waals surface area contributed by atoms with Gasteiger partial charge in [-0.2, -0.15) is 0 Å². The molecule has 0 spiro atoms. The fraction of sp³-hybridized carbons (Fsp3) is 0.273. The number of aliphatic hydroxyl groups is 1. The van der Waals surface area contributed by atoms with Crippen molar-refractivity contribution in [3.8, 4) is 5.19 Å². The predicted molar refractivity (Wildman–Crippen MR) is 61.3 cm³/mol. The Hall–Kier alpha value is -1.46. The maximum Gasteiger partial charge on any atom is 0.294 e. The number of benzene rings is 1. The van der Waals surface area contributed by atoms with Crippen LogP contribution in [0.3, 0.4) is 0 Å². The molecule has 0 fully saturated rings. The zero-order chi connectivity index (χ0) is 11.4. The summed E-state index contributed by atoms with van der Waals surface area (Å²) in [6.07, 6.45) is -0.0688. The monoisotopic (exact) mass is 236 g/mol. The highest BCUT2D eigenvalue weighted by atomic mass is 32.1. The van der Waals surface area contributed by atoms with Gasteiger partial charge in [-0.3, -0.25) is 0 Å². The fourth-order valence-corrected chi connectivity index (χ4v) is 1.91. The third-order valence-electron chi connectivity index (χ3n) is 2.13. The van der Waals surface area contributed by atoms with E-state index in [1.54, 1.807) is 0 Å². The summed E-state index contributed by atoms with van der Waals surface area (Å²) in [6, 6.07) is 9.89. The van der Waals surface area contributed by atoms with Crippen molar-refractivity contribution in [2.75, 3.05) is 0 Å². The molecule has 1 N–H and O–H groups in total. The first-order chi connectivity index (χ1) is 7.79. The second kappa shape index (κ2) is 5.05. The second-order valence-electron chi connectivity index (χ2n) is 3.29. The number of rotatable bonds is 4. The third-order valence-corrected chi connectivity index (χ3v) is 2.93. The predicted octanol–water partition coefficient (Wildman–Crippen LogP) is 2.17. The molecule has 0 saturated heterocycles. The van der Waals surface area contributed by atoms with Crippen molar-refractivity contribution in [2.45, 2.75) is 19.6 Å². The summed E-state index contributed by atoms with van der Waals surface area (Å²) in [7, 11) is 0. The molecule has 16 heavy (non-hydrogen) atoms. The number of ether oxygens (including phenoxy) is 1. The topological polar surface area (TPSA) is 55.2 Å². The van der Waals surface area contributed by atoms with Gasteiger partial charge in [0.15, 0.2) is 0 Å². The Morgan fingerprint density at radius 2 is 2.06 bits per heavy atom. The van der Waals surface area contributed by atoms with Crippen molar-refractivity contribution >= 4 is 11.3 Å². The molecule has 0 saturated carbocycles. The molecule has 84 valence electrons. The van der Waals surface area contributed by atoms with Crippen LogP contribution in [0.1, 0.15) is 23.6 Å². The van der Waals surface area contributed by atoms with E-state index < -0.39 is 0 Å². The van der Waals surface area contributed by atoms with Crippen LogP contribution >= 0.6 is 11.3 Å². The minimum atomic E-state index is -0.0965. The molecule has 1 aromatic carbocycles. The quantitative estimate of drug-likeness (QED) is 0.884. The van der Waals surface area contributed by atoms with Crippen LogP contribution in [0.15, 0.2) is 30.3 Å². The maximum absolute atomic E-state index is 8.85. The van der Waals surface area contributed by atoms with Crippen molar-refractivity contribution in [1.82, 2.24) is 10.2 Å². The SMILES string of the molecule is CC(Oc1nnc(CO)s1)c1ccccc1. The molecular formula is C11H12N2O2S. The number of nitrogens with zero attached hydrogens (tertiary/aromatic N) is 2. The highest BCUT2D eigenvalue weighted by molar-refractivity contribution is 7.13. The molecule has 1 unspecified atom stereocenters. The van der Waals surface area contributed by atoms with E-state index in [2.05, 4.69) is 10.2 Å². The molecule has 2 aromatic rings. The van der Waals surface area contributed by atoms with Gasteiger partial charge in [0.2, 0.25) is 0 Å². The molecule has 2 rings (SSSR count). The molecular weight excluding hydrogens is 224 g/mol. The van der Waals surface area contributed by atoms with E-state index in [9.17, 15) is 0 Å². The molecule has 1 heterocycles. The lowest BCUT2D eigenvalue weighted by Crippen LogP contribution is -2.02. The number of hydrogen-bond donors (Lipinski definition) is 1. The van der Waals surface area contributed by atoms with Gasteiger partial charge in [0.05, 0.1) is 6.61 Å². The Balaban J connectivity index is 2.05. The van der Waals surface area contributed by atoms with E-state index in [4.69, 9.17) is 9.84 Å². The lowest BCUT2D eigenvalue weighted by molar-refractivity contribution is 0.224. The third kappa shape index (κ3) is 2.56. The van der Waals surface area contributed by atoms with E-state index in [0.29, 0.717) is 10.2 Å². The van der Waals surface area contributed by atoms with Gasteiger partial charge < -0.3 is 9.84 Å². The Kier molecular flexibility index (Phi) is 3.48. The molecule has 4 nitrogen and oxygen atoms in total. The van der Waals surface area contributed by atoms with Crippen LogP contribution in [-0.2, 0) is 6.61 Å². The van der Waals surface area contributed by atoms with Crippen molar-refractivity contribution in [2.24, 2.45) is 0 Å². The largest absolute Gasteiger partial charge is 0.461 e. The van der Waals surface area contributed by atoms with E-state index in [0.717, 1.165) is 5.56 Å². The van der Waals surface area contributed by atoms with Crippen molar-refractivity contribution in [1.29, 1.82) is 0 Å². The molecule has 0 radical (unpaired) electrons. The molecule has 0 aliphatic rings. The van der Waals surface area contributed by atoms with E-state index >= 15 is 0 Å². The highest BCUT2D eigenvalue weighted by Crippen LogP contribution is 2.24. The summed E-state index contributed by atoms with van der Waals surface area (Å²) < 4.78 is 5.62. The zero-order valence-electron chi connectivity index (χ0n) is 8.83. The van der Waals surface area contributed by atoms with Gasteiger partial charge in [-0.1, -0.05) is 46.8 Å². The highest BCUT2D eigenvalue weighted by Gasteiger charge is 2.10. The van der Waals surface area contributed by atoms with Gasteiger partial charge in [0, 0.05) is 0 Å². The first-order valence-electron chi connectivity index (χ1n) is 4.94. The normalized spacial score (nSPS) is 12.4. The van der Waals surface area contributed by atoms with Gasteiger partial charge in [-0.15, -0.1) is 5.10 Å². The molecule has 0 bridgehead atoms. The van der Waals surface area contributed by atoms with Gasteiger partial charge in [0.1, 0.15) is 11.1 Å². The molecule has 0 aliphatic carbocycles. The van der Waals surface area contributed by atoms with Crippen molar-refractivity contribution < 1.29 is 9.84 Å². The van der Waals surface area contributed by atoms with Crippen LogP contribution in [0.5, 0.6) is 5.19 Å². The van der Waals surface area contributed by atoms with Gasteiger partial charge in [0.25, 0.3) is 5.19 Å². The summed E-state index contributed by atoms with van der Waals surface area (Å²) in [5.41, 5.74) is 1.09. The first kappa shape index (κ1) is 11.0. The summed E-state index contributed by atoms with van der Waals surface area (Å²) >= 11 is 1.26. The zero-order valence-corrected chi connectivity index (χ0v) is 9.65. The van der Waals surface area contributed by atoms with Crippen LogP contribution in [-0.4, -0.2) is 15.3 Å². The minimum absolute atomic E-state index is 0.0688. The van der Waals surface area contributed by atoms with Crippen LogP contribution in [0.2, 0.25) is 0 Å². The summed E-state index contributed by atoms with van der Waals surface area (Å²) in [5.74, 6) is 0. The van der Waals surface area contributed by atoms with Crippen molar-refractivity contribution in [3.05, 3.63) is 40.9 Å². The molecule has 0 aliphatic heterocycles. The molecule has 1 aromatic heterocycles. The Labute approximate surface area is 97.5 Å².